The van der Waals surface area contributed by atoms with E-state index in [2.05, 4.69) is 17.3 Å². The highest BCUT2D eigenvalue weighted by atomic mass is 32.1. The molecule has 0 amide bonds. The first-order chi connectivity index (χ1) is 5.97. The molecule has 6 heteroatoms. The Morgan fingerprint density at radius 2 is 2.15 bits per heavy atom. The van der Waals surface area contributed by atoms with E-state index in [1.54, 1.807) is 13.1 Å². The van der Waals surface area contributed by atoms with Gasteiger partial charge in [-0.2, -0.15) is 0 Å². The Kier molecular flexibility index (Phi) is 5.33. The van der Waals surface area contributed by atoms with Crippen LogP contribution in [0, 0.1) is 0 Å². The molecule has 0 saturated heterocycles. The van der Waals surface area contributed by atoms with Crippen molar-refractivity contribution in [3.63, 3.8) is 0 Å². The van der Waals surface area contributed by atoms with Crippen molar-refractivity contribution in [1.29, 1.82) is 0 Å². The minimum atomic E-state index is 0.111. The number of nitrogens with one attached hydrogen (secondary N) is 2. The third-order valence-corrected chi connectivity index (χ3v) is 1.80. The third kappa shape index (κ3) is 5.37. The summed E-state index contributed by atoms with van der Waals surface area (Å²) in [5.74, 6) is 0. The van der Waals surface area contributed by atoms with Crippen molar-refractivity contribution in [3.8, 4) is 0 Å². The van der Waals surface area contributed by atoms with Crippen molar-refractivity contribution >= 4 is 34.7 Å². The number of hydrogen-bond donors (Lipinski definition) is 3. The lowest BCUT2D eigenvalue weighted by atomic mass is 10.3. The molecule has 74 valence electrons. The van der Waals surface area contributed by atoms with Crippen molar-refractivity contribution in [2.45, 2.75) is 13.0 Å². The topological polar surface area (TPSA) is 53.3 Å². The van der Waals surface area contributed by atoms with Gasteiger partial charge >= 0.3 is 0 Å². The van der Waals surface area contributed by atoms with E-state index in [1.165, 1.54) is 5.01 Å². The van der Waals surface area contributed by atoms with Gasteiger partial charge in [0.1, 0.15) is 0 Å². The van der Waals surface area contributed by atoms with E-state index in [-0.39, 0.29) is 11.2 Å². The van der Waals surface area contributed by atoms with E-state index in [0.717, 1.165) is 0 Å². The molecule has 0 spiro atoms. The molecule has 0 radical (unpaired) electrons. The molecular formula is C7H14N4S2. The van der Waals surface area contributed by atoms with Gasteiger partial charge in [0.2, 0.25) is 0 Å². The summed E-state index contributed by atoms with van der Waals surface area (Å²) in [5.41, 5.74) is 8.12. The molecule has 0 aromatic heterocycles. The average molecular weight is 218 g/mol. The molecule has 13 heavy (non-hydrogen) atoms. The Balaban J connectivity index is 3.87. The maximum Gasteiger partial charge on any atom is 0.185 e. The molecule has 1 atom stereocenters. The molecule has 0 aliphatic heterocycles. The fraction of sp³-hybridized carbons (Fsp3) is 0.429. The Labute approximate surface area is 89.1 Å². The van der Waals surface area contributed by atoms with Gasteiger partial charge in [-0.25, -0.2) is 0 Å². The number of hydrazine groups is 1. The Bertz CT molecular complexity index is 217. The van der Waals surface area contributed by atoms with Crippen LogP contribution in [0.15, 0.2) is 12.7 Å². The summed E-state index contributed by atoms with van der Waals surface area (Å²) < 4.78 is 0. The lowest BCUT2D eigenvalue weighted by Crippen LogP contribution is -2.51. The minimum absolute atomic E-state index is 0.111. The van der Waals surface area contributed by atoms with Crippen molar-refractivity contribution in [2.75, 3.05) is 7.05 Å². The Morgan fingerprint density at radius 3 is 2.54 bits per heavy atom. The van der Waals surface area contributed by atoms with Gasteiger partial charge in [0.25, 0.3) is 0 Å². The second-order valence-electron chi connectivity index (χ2n) is 2.51. The molecule has 0 aliphatic carbocycles. The first-order valence-electron chi connectivity index (χ1n) is 3.70. The van der Waals surface area contributed by atoms with Gasteiger partial charge in [-0.05, 0) is 31.4 Å². The van der Waals surface area contributed by atoms with Crippen LogP contribution in [0.25, 0.3) is 0 Å². The highest BCUT2D eigenvalue weighted by Gasteiger charge is 2.02. The molecule has 0 aliphatic rings. The number of nitrogens with two attached hydrogens (primary N) is 1. The van der Waals surface area contributed by atoms with E-state index >= 15 is 0 Å². The van der Waals surface area contributed by atoms with Gasteiger partial charge in [-0.1, -0.05) is 6.08 Å². The number of rotatable bonds is 2. The molecule has 0 fully saturated rings. The van der Waals surface area contributed by atoms with E-state index in [0.29, 0.717) is 5.11 Å². The molecule has 0 aromatic rings. The van der Waals surface area contributed by atoms with Crippen LogP contribution in [0.1, 0.15) is 6.92 Å². The first kappa shape index (κ1) is 12.1. The van der Waals surface area contributed by atoms with Crippen LogP contribution in [0.4, 0.5) is 0 Å². The summed E-state index contributed by atoms with van der Waals surface area (Å²) in [6, 6.07) is 0.111. The normalized spacial score (nSPS) is 11.2. The van der Waals surface area contributed by atoms with Gasteiger partial charge in [0, 0.05) is 13.1 Å². The summed E-state index contributed by atoms with van der Waals surface area (Å²) in [6.45, 7) is 5.55. The third-order valence-electron chi connectivity index (χ3n) is 1.31. The van der Waals surface area contributed by atoms with Crippen molar-refractivity contribution in [1.82, 2.24) is 15.8 Å². The summed E-state index contributed by atoms with van der Waals surface area (Å²) >= 11 is 9.68. The largest absolute Gasteiger partial charge is 0.375 e. The van der Waals surface area contributed by atoms with Crippen LogP contribution in [-0.4, -0.2) is 28.3 Å². The van der Waals surface area contributed by atoms with Crippen LogP contribution < -0.4 is 16.5 Å². The molecule has 0 aromatic carbocycles. The molecule has 4 N–H and O–H groups in total. The second kappa shape index (κ2) is 5.71. The number of nitrogens with zero attached hydrogens (tertiary/aromatic N) is 1. The van der Waals surface area contributed by atoms with Crippen LogP contribution >= 0.6 is 24.4 Å². The van der Waals surface area contributed by atoms with Gasteiger partial charge in [0.05, 0.1) is 0 Å². The highest BCUT2D eigenvalue weighted by Crippen LogP contribution is 1.82. The van der Waals surface area contributed by atoms with E-state index in [4.69, 9.17) is 30.2 Å². The fourth-order valence-corrected chi connectivity index (χ4v) is 0.874. The zero-order chi connectivity index (χ0) is 10.4. The lowest BCUT2D eigenvalue weighted by Gasteiger charge is -2.21. The van der Waals surface area contributed by atoms with Crippen molar-refractivity contribution < 1.29 is 0 Å². The standard InChI is InChI=1S/C7H14N4S2/c1-4-5(2)9-7(13)10-11(3)6(8)12/h4-5H,1H2,2-3H3,(H2,8,12)(H2,9,10,13). The van der Waals surface area contributed by atoms with Gasteiger partial charge in [-0.3, -0.25) is 10.4 Å². The van der Waals surface area contributed by atoms with Crippen LogP contribution in [0.3, 0.4) is 0 Å². The van der Waals surface area contributed by atoms with Gasteiger partial charge in [0.15, 0.2) is 10.2 Å². The SMILES string of the molecule is C=CC(C)NC(=S)NN(C)C(N)=S. The maximum atomic E-state index is 5.33. The van der Waals surface area contributed by atoms with E-state index in [1.807, 2.05) is 6.92 Å². The predicted octanol–water partition coefficient (Wildman–Crippen LogP) is 0.115. The smallest absolute Gasteiger partial charge is 0.185 e. The van der Waals surface area contributed by atoms with Gasteiger partial charge in [-0.15, -0.1) is 6.58 Å². The van der Waals surface area contributed by atoms with Crippen molar-refractivity contribution in [2.24, 2.45) is 5.73 Å². The Hall–Kier alpha value is -0.880. The average Bonchev–Trinajstić information content (AvgIpc) is 2.03. The molecular weight excluding hydrogens is 204 g/mol. The van der Waals surface area contributed by atoms with Gasteiger partial charge < -0.3 is 11.1 Å². The summed E-state index contributed by atoms with van der Waals surface area (Å²) in [7, 11) is 1.69. The first-order valence-corrected chi connectivity index (χ1v) is 4.52. The van der Waals surface area contributed by atoms with Crippen LogP contribution in [0.2, 0.25) is 0 Å². The second-order valence-corrected chi connectivity index (χ2v) is 3.33. The van der Waals surface area contributed by atoms with Crippen LogP contribution in [0.5, 0.6) is 0 Å². The molecule has 0 rings (SSSR count). The molecule has 4 nitrogen and oxygen atoms in total. The molecule has 0 saturated carbocycles. The van der Waals surface area contributed by atoms with E-state index < -0.39 is 0 Å². The van der Waals surface area contributed by atoms with E-state index in [9.17, 15) is 0 Å². The zero-order valence-corrected chi connectivity index (χ0v) is 9.34. The summed E-state index contributed by atoms with van der Waals surface area (Å²) in [6.07, 6.45) is 1.74. The summed E-state index contributed by atoms with van der Waals surface area (Å²) in [5, 5.41) is 5.11. The maximum absolute atomic E-state index is 5.33. The fourth-order valence-electron chi connectivity index (χ4n) is 0.505. The highest BCUT2D eigenvalue weighted by molar-refractivity contribution is 7.80. The number of hydrogen-bond acceptors (Lipinski definition) is 2. The molecule has 1 unspecified atom stereocenters. The lowest BCUT2D eigenvalue weighted by molar-refractivity contribution is 0.454. The van der Waals surface area contributed by atoms with Crippen molar-refractivity contribution in [3.05, 3.63) is 12.7 Å². The predicted molar refractivity (Wildman–Crippen MR) is 63.1 cm³/mol. The molecule has 0 heterocycles. The quantitative estimate of drug-likeness (QED) is 0.348. The summed E-state index contributed by atoms with van der Waals surface area (Å²) in [4.78, 5) is 0. The zero-order valence-electron chi connectivity index (χ0n) is 7.70. The monoisotopic (exact) mass is 218 g/mol. The van der Waals surface area contributed by atoms with Crippen LogP contribution in [-0.2, 0) is 0 Å². The molecule has 0 bridgehead atoms. The Morgan fingerprint density at radius 1 is 1.62 bits per heavy atom. The number of thiocarbonyl (C=S) groups is 2. The minimum Gasteiger partial charge on any atom is -0.375 e.